The van der Waals surface area contributed by atoms with Gasteiger partial charge in [-0.15, -0.1) is 0 Å². The fourth-order valence-corrected chi connectivity index (χ4v) is 4.03. The zero-order chi connectivity index (χ0) is 14.8. The lowest BCUT2D eigenvalue weighted by Gasteiger charge is -2.30. The van der Waals surface area contributed by atoms with Crippen LogP contribution in [0.4, 0.5) is 0 Å². The Morgan fingerprint density at radius 2 is 1.90 bits per heavy atom. The van der Waals surface area contributed by atoms with Gasteiger partial charge in [0.05, 0.1) is 10.9 Å². The molecule has 1 saturated carbocycles. The summed E-state index contributed by atoms with van der Waals surface area (Å²) < 4.78 is 26.5. The fourth-order valence-electron chi connectivity index (χ4n) is 2.09. The van der Waals surface area contributed by atoms with Crippen molar-refractivity contribution >= 4 is 10.0 Å². The third-order valence-corrected chi connectivity index (χ3v) is 6.08. The van der Waals surface area contributed by atoms with Crippen LogP contribution in [0.15, 0.2) is 30.3 Å². The highest BCUT2D eigenvalue weighted by atomic mass is 32.2. The molecule has 0 aliphatic heterocycles. The minimum Gasteiger partial charge on any atom is -0.389 e. The first kappa shape index (κ1) is 15.5. The Hall–Kier alpha value is -0.910. The molecule has 4 nitrogen and oxygen atoms in total. The van der Waals surface area contributed by atoms with Crippen molar-refractivity contribution < 1.29 is 13.5 Å². The Labute approximate surface area is 121 Å². The summed E-state index contributed by atoms with van der Waals surface area (Å²) in [5.41, 5.74) is -0.0415. The van der Waals surface area contributed by atoms with Crippen LogP contribution in [-0.2, 0) is 16.6 Å². The van der Waals surface area contributed by atoms with E-state index in [4.69, 9.17) is 0 Å². The topological polar surface area (TPSA) is 57.6 Å². The molecule has 1 N–H and O–H groups in total. The molecule has 1 aromatic carbocycles. The van der Waals surface area contributed by atoms with E-state index in [0.717, 1.165) is 18.4 Å². The molecule has 0 heterocycles. The van der Waals surface area contributed by atoms with Crippen molar-refractivity contribution in [3.8, 4) is 0 Å². The zero-order valence-corrected chi connectivity index (χ0v) is 12.9. The molecule has 1 aliphatic rings. The van der Waals surface area contributed by atoms with Crippen LogP contribution >= 0.6 is 0 Å². The molecule has 0 spiro atoms. The van der Waals surface area contributed by atoms with E-state index in [1.165, 1.54) is 4.31 Å². The van der Waals surface area contributed by atoms with Gasteiger partial charge in [-0.2, -0.15) is 4.31 Å². The molecule has 5 heteroatoms. The van der Waals surface area contributed by atoms with Crippen LogP contribution in [0, 0.1) is 0 Å². The van der Waals surface area contributed by atoms with Gasteiger partial charge in [-0.1, -0.05) is 37.3 Å². The maximum atomic E-state index is 12.5. The summed E-state index contributed by atoms with van der Waals surface area (Å²) in [4.78, 5) is 0. The Morgan fingerprint density at radius 1 is 1.30 bits per heavy atom. The number of benzene rings is 1. The summed E-state index contributed by atoms with van der Waals surface area (Å²) >= 11 is 0. The van der Waals surface area contributed by atoms with Crippen LogP contribution in [0.1, 0.15) is 38.7 Å². The highest BCUT2D eigenvalue weighted by Crippen LogP contribution is 2.32. The van der Waals surface area contributed by atoms with Crippen molar-refractivity contribution in [1.29, 1.82) is 0 Å². The van der Waals surface area contributed by atoms with Crippen molar-refractivity contribution in [3.63, 3.8) is 0 Å². The third-order valence-electron chi connectivity index (χ3n) is 3.79. The van der Waals surface area contributed by atoms with Crippen LogP contribution in [0.25, 0.3) is 0 Å². The van der Waals surface area contributed by atoms with Gasteiger partial charge in [0.25, 0.3) is 0 Å². The molecule has 1 atom stereocenters. The van der Waals surface area contributed by atoms with E-state index >= 15 is 0 Å². The number of aliphatic hydroxyl groups is 1. The lowest BCUT2D eigenvalue weighted by Crippen LogP contribution is -2.44. The van der Waals surface area contributed by atoms with Gasteiger partial charge in [-0.05, 0) is 31.7 Å². The van der Waals surface area contributed by atoms with Crippen LogP contribution in [0.2, 0.25) is 0 Å². The first-order valence-corrected chi connectivity index (χ1v) is 8.61. The highest BCUT2D eigenvalue weighted by Gasteiger charge is 2.41. The Bertz CT molecular complexity index is 535. The molecular weight excluding hydrogens is 274 g/mol. The monoisotopic (exact) mass is 297 g/mol. The van der Waals surface area contributed by atoms with E-state index in [-0.39, 0.29) is 11.8 Å². The van der Waals surface area contributed by atoms with Crippen LogP contribution in [0.5, 0.6) is 0 Å². The van der Waals surface area contributed by atoms with E-state index in [9.17, 15) is 13.5 Å². The minimum absolute atomic E-state index is 0.150. The molecule has 1 fully saturated rings. The van der Waals surface area contributed by atoms with Gasteiger partial charge in [0.2, 0.25) is 10.0 Å². The molecule has 0 unspecified atom stereocenters. The summed E-state index contributed by atoms with van der Waals surface area (Å²) in [6.07, 6.45) is 2.00. The molecule has 1 aromatic rings. The second-order valence-electron chi connectivity index (χ2n) is 5.85. The third kappa shape index (κ3) is 3.81. The molecule has 2 rings (SSSR count). The van der Waals surface area contributed by atoms with Crippen LogP contribution < -0.4 is 0 Å². The summed E-state index contributed by atoms with van der Waals surface area (Å²) in [5, 5.41) is 9.98. The standard InChI is InChI=1S/C15H23NO3S/c1-3-15(2,17)12-16(20(18,19)14-9-10-14)11-13-7-5-4-6-8-13/h4-8,14,17H,3,9-12H2,1-2H3/t15-/m0/s1. The van der Waals surface area contributed by atoms with E-state index < -0.39 is 15.6 Å². The maximum Gasteiger partial charge on any atom is 0.217 e. The average Bonchev–Trinajstić information content (AvgIpc) is 3.23. The van der Waals surface area contributed by atoms with E-state index in [1.807, 2.05) is 37.3 Å². The van der Waals surface area contributed by atoms with Gasteiger partial charge in [0.15, 0.2) is 0 Å². The molecule has 112 valence electrons. The molecule has 0 saturated heterocycles. The Kier molecular flexibility index (Phi) is 4.52. The smallest absolute Gasteiger partial charge is 0.217 e. The van der Waals surface area contributed by atoms with Gasteiger partial charge < -0.3 is 5.11 Å². The summed E-state index contributed by atoms with van der Waals surface area (Å²) in [6, 6.07) is 9.53. The first-order valence-electron chi connectivity index (χ1n) is 7.10. The molecule has 0 amide bonds. The quantitative estimate of drug-likeness (QED) is 0.839. The molecule has 0 aromatic heterocycles. The molecule has 0 radical (unpaired) electrons. The second-order valence-corrected chi connectivity index (χ2v) is 8.06. The first-order chi connectivity index (χ1) is 9.35. The van der Waals surface area contributed by atoms with Crippen LogP contribution in [-0.4, -0.2) is 35.2 Å². The fraction of sp³-hybridized carbons (Fsp3) is 0.600. The molecular formula is C15H23NO3S. The van der Waals surface area contributed by atoms with Crippen molar-refractivity contribution in [2.75, 3.05) is 6.54 Å². The van der Waals surface area contributed by atoms with Gasteiger partial charge in [-0.25, -0.2) is 8.42 Å². The summed E-state index contributed by atoms with van der Waals surface area (Å²) in [6.45, 7) is 4.03. The van der Waals surface area contributed by atoms with Crippen molar-refractivity contribution in [2.24, 2.45) is 0 Å². The number of hydrogen-bond acceptors (Lipinski definition) is 3. The van der Waals surface area contributed by atoms with Gasteiger partial charge in [0, 0.05) is 13.1 Å². The SMILES string of the molecule is CC[C@](C)(O)CN(Cc1ccccc1)S(=O)(=O)C1CC1. The van der Waals surface area contributed by atoms with Crippen molar-refractivity contribution in [1.82, 2.24) is 4.31 Å². The minimum atomic E-state index is -3.30. The normalized spacial score (nSPS) is 19.0. The van der Waals surface area contributed by atoms with E-state index in [1.54, 1.807) is 6.92 Å². The van der Waals surface area contributed by atoms with E-state index in [2.05, 4.69) is 0 Å². The lowest BCUT2D eigenvalue weighted by atomic mass is 10.0. The van der Waals surface area contributed by atoms with Crippen molar-refractivity contribution in [3.05, 3.63) is 35.9 Å². The Morgan fingerprint density at radius 3 is 2.40 bits per heavy atom. The maximum absolute atomic E-state index is 12.5. The lowest BCUT2D eigenvalue weighted by molar-refractivity contribution is 0.0355. The molecule has 20 heavy (non-hydrogen) atoms. The number of nitrogens with zero attached hydrogens (tertiary/aromatic N) is 1. The molecule has 1 aliphatic carbocycles. The Balaban J connectivity index is 2.20. The largest absolute Gasteiger partial charge is 0.389 e. The van der Waals surface area contributed by atoms with Gasteiger partial charge >= 0.3 is 0 Å². The summed E-state index contributed by atoms with van der Waals surface area (Å²) in [7, 11) is -3.30. The molecule has 0 bridgehead atoms. The highest BCUT2D eigenvalue weighted by molar-refractivity contribution is 7.90. The predicted molar refractivity (Wildman–Crippen MR) is 79.7 cm³/mol. The second kappa shape index (κ2) is 5.84. The number of sulfonamides is 1. The zero-order valence-electron chi connectivity index (χ0n) is 12.1. The van der Waals surface area contributed by atoms with Crippen molar-refractivity contribution in [2.45, 2.75) is 50.5 Å². The summed E-state index contributed by atoms with van der Waals surface area (Å²) in [5.74, 6) is 0. The van der Waals surface area contributed by atoms with Gasteiger partial charge in [-0.3, -0.25) is 0 Å². The van der Waals surface area contributed by atoms with Crippen LogP contribution in [0.3, 0.4) is 0 Å². The number of rotatable bonds is 7. The predicted octanol–water partition coefficient (Wildman–Crippen LogP) is 2.14. The number of hydrogen-bond donors (Lipinski definition) is 1. The van der Waals surface area contributed by atoms with E-state index in [0.29, 0.717) is 13.0 Å². The van der Waals surface area contributed by atoms with Gasteiger partial charge in [0.1, 0.15) is 0 Å². The average molecular weight is 297 g/mol.